The Morgan fingerprint density at radius 2 is 2.17 bits per heavy atom. The number of aromatic hydroxyl groups is 2. The van der Waals surface area contributed by atoms with Crippen molar-refractivity contribution in [3.05, 3.63) is 17.2 Å². The summed E-state index contributed by atoms with van der Waals surface area (Å²) in [6.45, 7) is 5.65. The molecular weight excluding hydrogens is 232 g/mol. The van der Waals surface area contributed by atoms with Gasteiger partial charge in [-0.25, -0.2) is 0 Å². The fraction of sp³-hybridized carbons (Fsp3) is 0.500. The van der Waals surface area contributed by atoms with Crippen LogP contribution in [0.25, 0.3) is 0 Å². The third kappa shape index (κ3) is 1.82. The molecule has 0 radical (unpaired) electrons. The van der Waals surface area contributed by atoms with Crippen LogP contribution in [0.3, 0.4) is 0 Å². The number of hydrogen-bond acceptors (Lipinski definition) is 4. The number of fused-ring (bicyclic) bond motifs is 1. The summed E-state index contributed by atoms with van der Waals surface area (Å²) in [6.07, 6.45) is 2.13. The lowest BCUT2D eigenvalue weighted by Crippen LogP contribution is -2.38. The first-order valence-electron chi connectivity index (χ1n) is 6.11. The van der Waals surface area contributed by atoms with E-state index in [0.29, 0.717) is 23.3 Å². The summed E-state index contributed by atoms with van der Waals surface area (Å²) in [5.74, 6) is -0.0437. The van der Waals surface area contributed by atoms with E-state index in [0.717, 1.165) is 12.7 Å². The highest BCUT2D eigenvalue weighted by Gasteiger charge is 2.39. The lowest BCUT2D eigenvalue weighted by atomic mass is 9.81. The van der Waals surface area contributed by atoms with Crippen molar-refractivity contribution in [3.8, 4) is 17.2 Å². The first kappa shape index (κ1) is 12.7. The van der Waals surface area contributed by atoms with Crippen LogP contribution in [0.5, 0.6) is 17.2 Å². The minimum Gasteiger partial charge on any atom is -0.507 e. The fourth-order valence-corrected chi connectivity index (χ4v) is 2.43. The molecule has 1 heterocycles. The molecule has 2 unspecified atom stereocenters. The number of rotatable bonds is 2. The maximum Gasteiger partial charge on any atom is 0.134 e. The Hall–Kier alpha value is -1.71. The molecule has 4 nitrogen and oxygen atoms in total. The number of hydrogen-bond donors (Lipinski definition) is 2. The van der Waals surface area contributed by atoms with Gasteiger partial charge in [0.15, 0.2) is 0 Å². The van der Waals surface area contributed by atoms with E-state index in [1.165, 1.54) is 6.07 Å². The molecule has 2 N–H and O–H groups in total. The zero-order chi connectivity index (χ0) is 13.5. The van der Waals surface area contributed by atoms with E-state index in [9.17, 15) is 15.0 Å². The molecule has 0 spiro atoms. The van der Waals surface area contributed by atoms with Crippen molar-refractivity contribution in [1.82, 2.24) is 0 Å². The van der Waals surface area contributed by atoms with Gasteiger partial charge < -0.3 is 19.7 Å². The van der Waals surface area contributed by atoms with Gasteiger partial charge in [0.25, 0.3) is 0 Å². The predicted molar refractivity (Wildman–Crippen MR) is 67.3 cm³/mol. The molecule has 4 heteroatoms. The van der Waals surface area contributed by atoms with Crippen molar-refractivity contribution < 1.29 is 19.7 Å². The van der Waals surface area contributed by atoms with Crippen molar-refractivity contribution >= 4 is 6.29 Å². The van der Waals surface area contributed by atoms with E-state index in [1.807, 2.05) is 13.8 Å². The van der Waals surface area contributed by atoms with Crippen LogP contribution in [0.15, 0.2) is 6.07 Å². The summed E-state index contributed by atoms with van der Waals surface area (Å²) in [7, 11) is 0. The van der Waals surface area contributed by atoms with E-state index in [-0.39, 0.29) is 11.5 Å². The van der Waals surface area contributed by atoms with Gasteiger partial charge in [-0.15, -0.1) is 0 Å². The van der Waals surface area contributed by atoms with Crippen LogP contribution in [-0.4, -0.2) is 22.1 Å². The number of phenols is 2. The number of ether oxygens (including phenoxy) is 1. The summed E-state index contributed by atoms with van der Waals surface area (Å²) >= 11 is 0. The molecule has 0 amide bonds. The second kappa shape index (κ2) is 4.19. The normalized spacial score (nSPS) is 26.3. The van der Waals surface area contributed by atoms with Crippen LogP contribution in [0, 0.1) is 6.92 Å². The smallest absolute Gasteiger partial charge is 0.134 e. The summed E-state index contributed by atoms with van der Waals surface area (Å²) in [4.78, 5) is 11.2. The average molecular weight is 250 g/mol. The van der Waals surface area contributed by atoms with Crippen LogP contribution < -0.4 is 4.74 Å². The molecule has 0 aromatic heterocycles. The molecule has 1 aliphatic heterocycles. The second-order valence-electron chi connectivity index (χ2n) is 5.13. The summed E-state index contributed by atoms with van der Waals surface area (Å²) in [5.41, 5.74) is 0.615. The third-order valence-electron chi connectivity index (χ3n) is 3.80. The number of carbonyl (C=O) groups excluding carboxylic acids is 1. The van der Waals surface area contributed by atoms with Gasteiger partial charge in [-0.05, 0) is 20.3 Å². The fourth-order valence-electron chi connectivity index (χ4n) is 2.43. The molecule has 0 bridgehead atoms. The quantitative estimate of drug-likeness (QED) is 0.792. The van der Waals surface area contributed by atoms with Crippen molar-refractivity contribution in [2.75, 3.05) is 0 Å². The largest absolute Gasteiger partial charge is 0.507 e. The number of phenolic OH excluding ortho intramolecular Hbond substituents is 2. The molecule has 2 rings (SSSR count). The molecule has 0 saturated carbocycles. The van der Waals surface area contributed by atoms with E-state index >= 15 is 0 Å². The Balaban J connectivity index is 2.65. The minimum absolute atomic E-state index is 0.0174. The van der Waals surface area contributed by atoms with Crippen LogP contribution in [0.4, 0.5) is 0 Å². The van der Waals surface area contributed by atoms with Crippen LogP contribution in [-0.2, 0) is 4.79 Å². The summed E-state index contributed by atoms with van der Waals surface area (Å²) in [6, 6.07) is 1.27. The van der Waals surface area contributed by atoms with Crippen molar-refractivity contribution in [1.29, 1.82) is 0 Å². The zero-order valence-electron chi connectivity index (χ0n) is 10.9. The number of carbonyl (C=O) groups is 1. The van der Waals surface area contributed by atoms with Gasteiger partial charge in [-0.3, -0.25) is 0 Å². The highest BCUT2D eigenvalue weighted by atomic mass is 16.5. The predicted octanol–water partition coefficient (Wildman–Crippen LogP) is 2.64. The molecule has 0 saturated heterocycles. The zero-order valence-corrected chi connectivity index (χ0v) is 10.9. The SMILES string of the molecule is CCC1(C)CC(C=O)c2c(O)cc(O)c(C)c2O1. The highest BCUT2D eigenvalue weighted by Crippen LogP contribution is 2.49. The van der Waals surface area contributed by atoms with Gasteiger partial charge >= 0.3 is 0 Å². The lowest BCUT2D eigenvalue weighted by Gasteiger charge is -2.38. The standard InChI is InChI=1S/C14H18O4/c1-4-14(3)6-9(7-15)12-11(17)5-10(16)8(2)13(12)18-14/h5,7,9,16-17H,4,6H2,1-3H3. The van der Waals surface area contributed by atoms with Gasteiger partial charge in [0.05, 0.1) is 5.92 Å². The Morgan fingerprint density at radius 3 is 2.72 bits per heavy atom. The van der Waals surface area contributed by atoms with Crippen LogP contribution in [0.2, 0.25) is 0 Å². The summed E-state index contributed by atoms with van der Waals surface area (Å²) in [5, 5.41) is 19.6. The molecule has 2 atom stereocenters. The number of aldehydes is 1. The molecule has 98 valence electrons. The van der Waals surface area contributed by atoms with E-state index in [1.54, 1.807) is 6.92 Å². The first-order valence-corrected chi connectivity index (χ1v) is 6.11. The van der Waals surface area contributed by atoms with Gasteiger partial charge in [-0.1, -0.05) is 6.92 Å². The van der Waals surface area contributed by atoms with Crippen LogP contribution in [0.1, 0.15) is 43.7 Å². The Kier molecular flexibility index (Phi) is 2.97. The van der Waals surface area contributed by atoms with Gasteiger partial charge in [0.1, 0.15) is 29.1 Å². The third-order valence-corrected chi connectivity index (χ3v) is 3.80. The highest BCUT2D eigenvalue weighted by molar-refractivity contribution is 5.71. The van der Waals surface area contributed by atoms with Crippen LogP contribution >= 0.6 is 0 Å². The first-order chi connectivity index (χ1) is 8.41. The second-order valence-corrected chi connectivity index (χ2v) is 5.13. The van der Waals surface area contributed by atoms with Crippen molar-refractivity contribution in [2.24, 2.45) is 0 Å². The van der Waals surface area contributed by atoms with Gasteiger partial charge in [0.2, 0.25) is 0 Å². The van der Waals surface area contributed by atoms with E-state index in [2.05, 4.69) is 0 Å². The maximum absolute atomic E-state index is 11.2. The Morgan fingerprint density at radius 1 is 1.50 bits per heavy atom. The Bertz CT molecular complexity index is 495. The average Bonchev–Trinajstić information content (AvgIpc) is 2.35. The monoisotopic (exact) mass is 250 g/mol. The molecular formula is C14H18O4. The van der Waals surface area contributed by atoms with Crippen molar-refractivity contribution in [2.45, 2.75) is 45.1 Å². The Labute approximate surface area is 106 Å². The maximum atomic E-state index is 11.2. The number of benzene rings is 1. The lowest BCUT2D eigenvalue weighted by molar-refractivity contribution is -0.111. The molecule has 1 aromatic carbocycles. The topological polar surface area (TPSA) is 66.8 Å². The van der Waals surface area contributed by atoms with Gasteiger partial charge in [-0.2, -0.15) is 0 Å². The van der Waals surface area contributed by atoms with E-state index in [4.69, 9.17) is 4.74 Å². The molecule has 0 aliphatic carbocycles. The van der Waals surface area contributed by atoms with E-state index < -0.39 is 11.5 Å². The molecule has 0 fully saturated rings. The molecule has 1 aliphatic rings. The summed E-state index contributed by atoms with van der Waals surface area (Å²) < 4.78 is 5.91. The minimum atomic E-state index is -0.441. The van der Waals surface area contributed by atoms with Crippen molar-refractivity contribution in [3.63, 3.8) is 0 Å². The molecule has 1 aromatic rings. The van der Waals surface area contributed by atoms with Gasteiger partial charge in [0, 0.05) is 23.6 Å². The molecule has 18 heavy (non-hydrogen) atoms.